The van der Waals surface area contributed by atoms with Crippen molar-refractivity contribution in [1.82, 2.24) is 4.90 Å². The van der Waals surface area contributed by atoms with Gasteiger partial charge in [0.15, 0.2) is 0 Å². The maximum absolute atomic E-state index is 12.7. The predicted octanol–water partition coefficient (Wildman–Crippen LogP) is 1.61. The van der Waals surface area contributed by atoms with Gasteiger partial charge in [-0.2, -0.15) is 0 Å². The van der Waals surface area contributed by atoms with Gasteiger partial charge in [0.25, 0.3) is 0 Å². The van der Waals surface area contributed by atoms with Crippen molar-refractivity contribution in [2.45, 2.75) is 46.1 Å². The number of hydrogen-bond acceptors (Lipinski definition) is 4. The molecule has 2 bridgehead atoms. The maximum Gasteiger partial charge on any atom is 0.329 e. The SMILES string of the molecule is CCOC(=O)[C@H](C(C)C)N1C(=O)[C@H]2[C@H]3CC[C@@H](C3)[C@@H]2C1=O. The van der Waals surface area contributed by atoms with Gasteiger partial charge in [0, 0.05) is 0 Å². The third kappa shape index (κ3) is 2.00. The smallest absolute Gasteiger partial charge is 0.329 e. The van der Waals surface area contributed by atoms with Crippen LogP contribution in [0.25, 0.3) is 0 Å². The van der Waals surface area contributed by atoms with Crippen LogP contribution in [-0.2, 0) is 19.1 Å². The van der Waals surface area contributed by atoms with E-state index in [0.717, 1.165) is 19.3 Å². The number of imide groups is 1. The molecule has 116 valence electrons. The van der Waals surface area contributed by atoms with Gasteiger partial charge in [0.1, 0.15) is 6.04 Å². The lowest BCUT2D eigenvalue weighted by Crippen LogP contribution is -2.49. The first-order chi connectivity index (χ1) is 9.97. The number of esters is 1. The van der Waals surface area contributed by atoms with Gasteiger partial charge in [-0.25, -0.2) is 4.79 Å². The number of carbonyl (C=O) groups is 3. The molecule has 3 rings (SSSR count). The normalized spacial score (nSPS) is 35.5. The fraction of sp³-hybridized carbons (Fsp3) is 0.812. The average Bonchev–Trinajstić information content (AvgIpc) is 3.08. The Morgan fingerprint density at radius 1 is 1.19 bits per heavy atom. The van der Waals surface area contributed by atoms with Crippen LogP contribution < -0.4 is 0 Å². The van der Waals surface area contributed by atoms with Crippen LogP contribution in [0.4, 0.5) is 0 Å². The number of ether oxygens (including phenoxy) is 1. The molecule has 3 aliphatic rings. The maximum atomic E-state index is 12.7. The Hall–Kier alpha value is -1.39. The first kappa shape index (κ1) is 14.5. The highest BCUT2D eigenvalue weighted by atomic mass is 16.5. The predicted molar refractivity (Wildman–Crippen MR) is 74.9 cm³/mol. The van der Waals surface area contributed by atoms with Crippen molar-refractivity contribution in [3.8, 4) is 0 Å². The molecule has 0 N–H and O–H groups in total. The van der Waals surface area contributed by atoms with Crippen molar-refractivity contribution in [3.63, 3.8) is 0 Å². The highest BCUT2D eigenvalue weighted by molar-refractivity contribution is 6.08. The molecule has 0 aromatic rings. The Bertz CT molecular complexity index is 459. The molecule has 2 aliphatic carbocycles. The van der Waals surface area contributed by atoms with Crippen LogP contribution in [0, 0.1) is 29.6 Å². The van der Waals surface area contributed by atoms with Gasteiger partial charge < -0.3 is 4.74 Å². The lowest BCUT2D eigenvalue weighted by atomic mass is 9.81. The molecule has 5 atom stereocenters. The minimum atomic E-state index is -0.769. The Morgan fingerprint density at radius 3 is 2.14 bits per heavy atom. The number of likely N-dealkylation sites (tertiary alicyclic amines) is 1. The van der Waals surface area contributed by atoms with E-state index in [1.165, 1.54) is 4.90 Å². The molecule has 2 amide bonds. The fourth-order valence-corrected chi connectivity index (χ4v) is 4.61. The molecule has 1 aliphatic heterocycles. The highest BCUT2D eigenvalue weighted by Gasteiger charge is 2.62. The standard InChI is InChI=1S/C16H23NO4/c1-4-21-16(20)13(8(2)3)17-14(18)11-9-5-6-10(7-9)12(11)15(17)19/h8-13H,4-7H2,1-3H3/t9-,10-,11-,12-,13-/m0/s1. The van der Waals surface area contributed by atoms with E-state index in [0.29, 0.717) is 11.8 Å². The van der Waals surface area contributed by atoms with Crippen LogP contribution in [-0.4, -0.2) is 35.3 Å². The summed E-state index contributed by atoms with van der Waals surface area (Å²) in [7, 11) is 0. The molecule has 0 radical (unpaired) electrons. The number of nitrogens with zero attached hydrogens (tertiary/aromatic N) is 1. The zero-order chi connectivity index (χ0) is 15.3. The van der Waals surface area contributed by atoms with Gasteiger partial charge >= 0.3 is 5.97 Å². The molecule has 0 spiro atoms. The Morgan fingerprint density at radius 2 is 1.71 bits per heavy atom. The quantitative estimate of drug-likeness (QED) is 0.583. The zero-order valence-corrected chi connectivity index (χ0v) is 12.9. The zero-order valence-electron chi connectivity index (χ0n) is 12.9. The van der Waals surface area contributed by atoms with Crippen LogP contribution in [0.15, 0.2) is 0 Å². The van der Waals surface area contributed by atoms with E-state index in [-0.39, 0.29) is 36.2 Å². The monoisotopic (exact) mass is 293 g/mol. The molecule has 0 unspecified atom stereocenters. The van der Waals surface area contributed by atoms with E-state index in [1.54, 1.807) is 6.92 Å². The topological polar surface area (TPSA) is 63.7 Å². The van der Waals surface area contributed by atoms with Gasteiger partial charge in [0.05, 0.1) is 18.4 Å². The molecule has 0 aromatic carbocycles. The summed E-state index contributed by atoms with van der Waals surface area (Å²) in [6, 6.07) is -0.769. The highest BCUT2D eigenvalue weighted by Crippen LogP contribution is 2.56. The number of rotatable bonds is 4. The second kappa shape index (κ2) is 5.11. The number of amides is 2. The van der Waals surface area contributed by atoms with Crippen LogP contribution >= 0.6 is 0 Å². The second-order valence-corrected chi connectivity index (χ2v) is 6.87. The molecular formula is C16H23NO4. The van der Waals surface area contributed by atoms with E-state index < -0.39 is 12.0 Å². The molecular weight excluding hydrogens is 270 g/mol. The molecule has 3 fully saturated rings. The van der Waals surface area contributed by atoms with Crippen molar-refractivity contribution in [2.75, 3.05) is 6.61 Å². The number of carbonyl (C=O) groups excluding carboxylic acids is 3. The Balaban J connectivity index is 1.89. The third-order valence-corrected chi connectivity index (χ3v) is 5.40. The number of hydrogen-bond donors (Lipinski definition) is 0. The minimum Gasteiger partial charge on any atom is -0.464 e. The largest absolute Gasteiger partial charge is 0.464 e. The number of fused-ring (bicyclic) bond motifs is 5. The molecule has 5 nitrogen and oxygen atoms in total. The van der Waals surface area contributed by atoms with E-state index in [1.807, 2.05) is 13.8 Å². The van der Waals surface area contributed by atoms with Crippen molar-refractivity contribution in [1.29, 1.82) is 0 Å². The van der Waals surface area contributed by atoms with Gasteiger partial charge in [-0.15, -0.1) is 0 Å². The van der Waals surface area contributed by atoms with Gasteiger partial charge in [-0.1, -0.05) is 13.8 Å². The Kier molecular flexibility index (Phi) is 3.54. The summed E-state index contributed by atoms with van der Waals surface area (Å²) < 4.78 is 5.08. The van der Waals surface area contributed by atoms with E-state index in [4.69, 9.17) is 4.74 Å². The average molecular weight is 293 g/mol. The molecule has 21 heavy (non-hydrogen) atoms. The van der Waals surface area contributed by atoms with E-state index >= 15 is 0 Å². The summed E-state index contributed by atoms with van der Waals surface area (Å²) in [5.41, 5.74) is 0. The summed E-state index contributed by atoms with van der Waals surface area (Å²) in [4.78, 5) is 38.9. The van der Waals surface area contributed by atoms with E-state index in [9.17, 15) is 14.4 Å². The van der Waals surface area contributed by atoms with Gasteiger partial charge in [0.2, 0.25) is 11.8 Å². The summed E-state index contributed by atoms with van der Waals surface area (Å²) in [5.74, 6) is -0.519. The van der Waals surface area contributed by atoms with Crippen LogP contribution in [0.2, 0.25) is 0 Å². The summed E-state index contributed by atoms with van der Waals surface area (Å²) in [6.07, 6.45) is 3.10. The first-order valence-electron chi connectivity index (χ1n) is 8.00. The van der Waals surface area contributed by atoms with Crippen molar-refractivity contribution < 1.29 is 19.1 Å². The molecule has 5 heteroatoms. The van der Waals surface area contributed by atoms with Crippen molar-refractivity contribution in [2.24, 2.45) is 29.6 Å². The van der Waals surface area contributed by atoms with E-state index in [2.05, 4.69) is 0 Å². The van der Waals surface area contributed by atoms with Crippen LogP contribution in [0.5, 0.6) is 0 Å². The summed E-state index contributed by atoms with van der Waals surface area (Å²) in [5, 5.41) is 0. The lowest BCUT2D eigenvalue weighted by molar-refractivity contribution is -0.161. The molecule has 0 aromatic heterocycles. The molecule has 2 saturated carbocycles. The Labute approximate surface area is 125 Å². The van der Waals surface area contributed by atoms with Crippen molar-refractivity contribution in [3.05, 3.63) is 0 Å². The third-order valence-electron chi connectivity index (χ3n) is 5.40. The molecule has 1 heterocycles. The lowest BCUT2D eigenvalue weighted by Gasteiger charge is -2.28. The summed E-state index contributed by atoms with van der Waals surface area (Å²) in [6.45, 7) is 5.70. The van der Waals surface area contributed by atoms with Gasteiger partial charge in [-0.3, -0.25) is 14.5 Å². The van der Waals surface area contributed by atoms with Crippen molar-refractivity contribution >= 4 is 17.8 Å². The first-order valence-corrected chi connectivity index (χ1v) is 8.00. The van der Waals surface area contributed by atoms with Crippen LogP contribution in [0.3, 0.4) is 0 Å². The summed E-state index contributed by atoms with van der Waals surface area (Å²) >= 11 is 0. The second-order valence-electron chi connectivity index (χ2n) is 6.87. The van der Waals surface area contributed by atoms with Crippen LogP contribution in [0.1, 0.15) is 40.0 Å². The molecule has 1 saturated heterocycles. The fourth-order valence-electron chi connectivity index (χ4n) is 4.61. The minimum absolute atomic E-state index is 0.131. The van der Waals surface area contributed by atoms with Gasteiger partial charge in [-0.05, 0) is 43.9 Å².